The Hall–Kier alpha value is -2.67. The van der Waals surface area contributed by atoms with Crippen LogP contribution in [0.3, 0.4) is 0 Å². The van der Waals surface area contributed by atoms with Gasteiger partial charge in [0.2, 0.25) is 0 Å². The molecular formula is C21H27N5O2. The molecule has 0 radical (unpaired) electrons. The van der Waals surface area contributed by atoms with E-state index >= 15 is 0 Å². The van der Waals surface area contributed by atoms with Crippen LogP contribution in [0, 0.1) is 0 Å². The van der Waals surface area contributed by atoms with Crippen LogP contribution in [-0.4, -0.2) is 70.7 Å². The molecule has 4 rings (SSSR count). The zero-order chi connectivity index (χ0) is 19.4. The Morgan fingerprint density at radius 2 is 1.64 bits per heavy atom. The summed E-state index contributed by atoms with van der Waals surface area (Å²) in [5.41, 5.74) is 0.0847. The Morgan fingerprint density at radius 1 is 0.929 bits per heavy atom. The molecule has 2 aliphatic rings. The van der Waals surface area contributed by atoms with Gasteiger partial charge in [-0.15, -0.1) is 0 Å². The van der Waals surface area contributed by atoms with E-state index in [2.05, 4.69) is 10.4 Å². The quantitative estimate of drug-likeness (QED) is 0.871. The van der Waals surface area contributed by atoms with E-state index < -0.39 is 5.54 Å². The monoisotopic (exact) mass is 381 g/mol. The van der Waals surface area contributed by atoms with E-state index in [9.17, 15) is 9.59 Å². The molecule has 1 aromatic heterocycles. The first-order valence-corrected chi connectivity index (χ1v) is 10.1. The highest BCUT2D eigenvalue weighted by Gasteiger charge is 2.44. The highest BCUT2D eigenvalue weighted by molar-refractivity contribution is 5.94. The molecule has 0 spiro atoms. The molecule has 2 aromatic rings. The van der Waals surface area contributed by atoms with Crippen molar-refractivity contribution in [2.75, 3.05) is 39.3 Å². The van der Waals surface area contributed by atoms with Crippen LogP contribution in [0.2, 0.25) is 0 Å². The number of carbonyl (C=O) groups excluding carboxylic acids is 2. The highest BCUT2D eigenvalue weighted by atomic mass is 16.2. The predicted octanol–water partition coefficient (Wildman–Crippen LogP) is 1.34. The molecule has 0 atom stereocenters. The normalized spacial score (nSPS) is 19.9. The van der Waals surface area contributed by atoms with E-state index in [-0.39, 0.29) is 11.8 Å². The van der Waals surface area contributed by atoms with Crippen LogP contribution >= 0.6 is 0 Å². The van der Waals surface area contributed by atoms with Crippen LogP contribution in [-0.2, 0) is 10.3 Å². The van der Waals surface area contributed by atoms with E-state index in [0.29, 0.717) is 31.7 Å². The largest absolute Gasteiger partial charge is 0.339 e. The molecule has 1 N–H and O–H groups in total. The maximum atomic E-state index is 13.6. The lowest BCUT2D eigenvalue weighted by atomic mass is 9.86. The molecular weight excluding hydrogens is 354 g/mol. The van der Waals surface area contributed by atoms with Gasteiger partial charge in [0.15, 0.2) is 0 Å². The van der Waals surface area contributed by atoms with Crippen LogP contribution in [0.4, 0.5) is 0 Å². The van der Waals surface area contributed by atoms with Crippen molar-refractivity contribution in [3.63, 3.8) is 0 Å². The number of rotatable bonds is 3. The van der Waals surface area contributed by atoms with Gasteiger partial charge in [0.1, 0.15) is 5.54 Å². The van der Waals surface area contributed by atoms with Crippen LogP contribution in [0.15, 0.2) is 48.8 Å². The molecule has 0 saturated carbocycles. The molecule has 0 aliphatic carbocycles. The van der Waals surface area contributed by atoms with Crippen molar-refractivity contribution in [2.45, 2.75) is 24.8 Å². The molecule has 2 saturated heterocycles. The number of nitrogens with zero attached hydrogens (tertiary/aromatic N) is 4. The van der Waals surface area contributed by atoms with E-state index in [4.69, 9.17) is 0 Å². The SMILES string of the molecule is O=C(c1ccccc1)N1CCCN(C(=O)C2(n3cccn3)CCNCC2)CC1. The van der Waals surface area contributed by atoms with Crippen molar-refractivity contribution >= 4 is 11.8 Å². The molecule has 2 fully saturated rings. The minimum Gasteiger partial charge on any atom is -0.339 e. The van der Waals surface area contributed by atoms with Crippen molar-refractivity contribution in [1.29, 1.82) is 0 Å². The van der Waals surface area contributed by atoms with Gasteiger partial charge in [-0.2, -0.15) is 5.10 Å². The average Bonchev–Trinajstić information content (AvgIpc) is 3.19. The fourth-order valence-corrected chi connectivity index (χ4v) is 4.28. The van der Waals surface area contributed by atoms with E-state index in [1.807, 2.05) is 57.1 Å². The Kier molecular flexibility index (Phi) is 5.43. The van der Waals surface area contributed by atoms with Gasteiger partial charge in [-0.25, -0.2) is 0 Å². The molecule has 3 heterocycles. The number of aromatic nitrogens is 2. The minimum absolute atomic E-state index is 0.0403. The molecule has 148 valence electrons. The van der Waals surface area contributed by atoms with Crippen molar-refractivity contribution in [1.82, 2.24) is 24.9 Å². The van der Waals surface area contributed by atoms with Crippen molar-refractivity contribution < 1.29 is 9.59 Å². The van der Waals surface area contributed by atoms with Gasteiger partial charge in [-0.1, -0.05) is 18.2 Å². The summed E-state index contributed by atoms with van der Waals surface area (Å²) < 4.78 is 1.84. The Balaban J connectivity index is 1.49. The fraction of sp³-hybridized carbons (Fsp3) is 0.476. The first-order chi connectivity index (χ1) is 13.7. The molecule has 0 bridgehead atoms. The maximum absolute atomic E-state index is 13.6. The highest BCUT2D eigenvalue weighted by Crippen LogP contribution is 2.30. The number of hydrogen-bond donors (Lipinski definition) is 1. The van der Waals surface area contributed by atoms with E-state index in [1.165, 1.54) is 0 Å². The number of benzene rings is 1. The van der Waals surface area contributed by atoms with Gasteiger partial charge in [0, 0.05) is 44.1 Å². The second kappa shape index (κ2) is 8.14. The van der Waals surface area contributed by atoms with Crippen molar-refractivity contribution in [3.8, 4) is 0 Å². The maximum Gasteiger partial charge on any atom is 0.253 e. The fourth-order valence-electron chi connectivity index (χ4n) is 4.28. The third-order valence-electron chi connectivity index (χ3n) is 5.86. The van der Waals surface area contributed by atoms with Gasteiger partial charge in [0.05, 0.1) is 0 Å². The average molecular weight is 381 g/mol. The van der Waals surface area contributed by atoms with Gasteiger partial charge in [0.25, 0.3) is 11.8 Å². The van der Waals surface area contributed by atoms with Gasteiger partial charge in [-0.05, 0) is 50.6 Å². The summed E-state index contributed by atoms with van der Waals surface area (Å²) in [4.78, 5) is 30.2. The van der Waals surface area contributed by atoms with E-state index in [0.717, 1.165) is 32.4 Å². The second-order valence-electron chi connectivity index (χ2n) is 7.54. The third kappa shape index (κ3) is 3.54. The van der Waals surface area contributed by atoms with Crippen molar-refractivity contribution in [2.24, 2.45) is 0 Å². The molecule has 0 unspecified atom stereocenters. The summed E-state index contributed by atoms with van der Waals surface area (Å²) in [6.07, 6.45) is 5.89. The van der Waals surface area contributed by atoms with E-state index in [1.54, 1.807) is 6.20 Å². The molecule has 2 amide bonds. The summed E-state index contributed by atoms with van der Waals surface area (Å²) in [7, 11) is 0. The summed E-state index contributed by atoms with van der Waals surface area (Å²) in [6, 6.07) is 11.2. The first-order valence-electron chi connectivity index (χ1n) is 10.1. The number of amides is 2. The minimum atomic E-state index is -0.618. The lowest BCUT2D eigenvalue weighted by Gasteiger charge is -2.40. The molecule has 7 nitrogen and oxygen atoms in total. The van der Waals surface area contributed by atoms with Crippen LogP contribution < -0.4 is 5.32 Å². The zero-order valence-corrected chi connectivity index (χ0v) is 16.1. The summed E-state index contributed by atoms with van der Waals surface area (Å²) in [6.45, 7) is 4.08. The topological polar surface area (TPSA) is 70.5 Å². The second-order valence-corrected chi connectivity index (χ2v) is 7.54. The smallest absolute Gasteiger partial charge is 0.253 e. The van der Waals surface area contributed by atoms with Gasteiger partial charge in [-0.3, -0.25) is 14.3 Å². The van der Waals surface area contributed by atoms with Gasteiger partial charge < -0.3 is 15.1 Å². The third-order valence-corrected chi connectivity index (χ3v) is 5.86. The Labute approximate surface area is 165 Å². The Bertz CT molecular complexity index is 799. The van der Waals surface area contributed by atoms with Gasteiger partial charge >= 0.3 is 0 Å². The number of nitrogens with one attached hydrogen (secondary N) is 1. The first kappa shape index (κ1) is 18.7. The van der Waals surface area contributed by atoms with Crippen LogP contribution in [0.5, 0.6) is 0 Å². The summed E-state index contributed by atoms with van der Waals surface area (Å²) >= 11 is 0. The lowest BCUT2D eigenvalue weighted by Crippen LogP contribution is -2.56. The molecule has 7 heteroatoms. The molecule has 28 heavy (non-hydrogen) atoms. The zero-order valence-electron chi connectivity index (χ0n) is 16.1. The Morgan fingerprint density at radius 3 is 2.36 bits per heavy atom. The van der Waals surface area contributed by atoms with Crippen LogP contribution in [0.1, 0.15) is 29.6 Å². The predicted molar refractivity (Wildman–Crippen MR) is 106 cm³/mol. The summed E-state index contributed by atoms with van der Waals surface area (Å²) in [5.74, 6) is 0.172. The molecule has 1 aromatic carbocycles. The standard InChI is InChI=1S/C21H27N5O2/c27-19(18-6-2-1-3-7-18)24-13-5-14-25(17-16-24)20(28)21(8-11-22-12-9-21)26-15-4-10-23-26/h1-4,6-7,10,15,22H,5,8-9,11-14,16-17H2. The lowest BCUT2D eigenvalue weighted by molar-refractivity contribution is -0.143. The number of carbonyl (C=O) groups is 2. The number of piperidine rings is 1. The molecule has 2 aliphatic heterocycles. The summed E-state index contributed by atoms with van der Waals surface area (Å²) in [5, 5.41) is 7.76. The van der Waals surface area contributed by atoms with Crippen molar-refractivity contribution in [3.05, 3.63) is 54.4 Å². The van der Waals surface area contributed by atoms with Crippen LogP contribution in [0.25, 0.3) is 0 Å². The number of hydrogen-bond acceptors (Lipinski definition) is 4.